The molecule has 0 heterocycles. The van der Waals surface area contributed by atoms with Crippen LogP contribution in [0.15, 0.2) is 42.5 Å². The Hall–Kier alpha value is -2.82. The summed E-state index contributed by atoms with van der Waals surface area (Å²) in [5, 5.41) is 3.02. The largest absolute Gasteiger partial charge is 0.497 e. The van der Waals surface area contributed by atoms with Crippen LogP contribution in [-0.2, 0) is 11.2 Å². The number of hydrogen-bond acceptors (Lipinski definition) is 4. The maximum absolute atomic E-state index is 12.4. The SMILES string of the molecule is CCc1ccc([C@@H](NC(=O)COc2ccc(OC)cc2C=O)C(C)C)cc1. The number of carbonyl (C=O) groups is 2. The summed E-state index contributed by atoms with van der Waals surface area (Å²) >= 11 is 0. The smallest absolute Gasteiger partial charge is 0.258 e. The molecule has 0 aliphatic heterocycles. The number of carbonyl (C=O) groups excluding carboxylic acids is 2. The van der Waals surface area contributed by atoms with Crippen LogP contribution in [0, 0.1) is 5.92 Å². The van der Waals surface area contributed by atoms with Crippen molar-refractivity contribution < 1.29 is 19.1 Å². The van der Waals surface area contributed by atoms with Crippen LogP contribution in [0.4, 0.5) is 0 Å². The molecule has 0 aliphatic rings. The van der Waals surface area contributed by atoms with Crippen LogP contribution in [0.25, 0.3) is 0 Å². The zero-order valence-corrected chi connectivity index (χ0v) is 16.3. The molecule has 5 heteroatoms. The van der Waals surface area contributed by atoms with Crippen molar-refractivity contribution in [1.29, 1.82) is 0 Å². The minimum Gasteiger partial charge on any atom is -0.497 e. The van der Waals surface area contributed by atoms with E-state index in [2.05, 4.69) is 50.4 Å². The lowest BCUT2D eigenvalue weighted by molar-refractivity contribution is -0.124. The molecule has 144 valence electrons. The Balaban J connectivity index is 2.03. The van der Waals surface area contributed by atoms with Crippen LogP contribution in [0.5, 0.6) is 11.5 Å². The Bertz CT molecular complexity index is 768. The van der Waals surface area contributed by atoms with E-state index in [1.807, 2.05) is 0 Å². The first-order valence-electron chi connectivity index (χ1n) is 9.12. The van der Waals surface area contributed by atoms with Crippen molar-refractivity contribution in [3.63, 3.8) is 0 Å². The van der Waals surface area contributed by atoms with E-state index in [0.29, 0.717) is 23.3 Å². The quantitative estimate of drug-likeness (QED) is 0.680. The van der Waals surface area contributed by atoms with Crippen LogP contribution >= 0.6 is 0 Å². The molecule has 0 saturated carbocycles. The summed E-state index contributed by atoms with van der Waals surface area (Å²) in [6.45, 7) is 6.07. The number of benzene rings is 2. The van der Waals surface area contributed by atoms with Crippen LogP contribution in [0.1, 0.15) is 48.3 Å². The summed E-state index contributed by atoms with van der Waals surface area (Å²) in [6.07, 6.45) is 1.66. The van der Waals surface area contributed by atoms with Gasteiger partial charge in [0.1, 0.15) is 11.5 Å². The molecule has 0 aliphatic carbocycles. The highest BCUT2D eigenvalue weighted by molar-refractivity contribution is 5.81. The average molecular weight is 369 g/mol. The number of methoxy groups -OCH3 is 1. The van der Waals surface area contributed by atoms with Crippen molar-refractivity contribution in [2.24, 2.45) is 5.92 Å². The predicted molar refractivity (Wildman–Crippen MR) is 105 cm³/mol. The van der Waals surface area contributed by atoms with E-state index in [0.717, 1.165) is 12.0 Å². The van der Waals surface area contributed by atoms with E-state index in [-0.39, 0.29) is 24.5 Å². The van der Waals surface area contributed by atoms with Crippen LogP contribution in [-0.4, -0.2) is 25.9 Å². The lowest BCUT2D eigenvalue weighted by atomic mass is 9.95. The molecule has 27 heavy (non-hydrogen) atoms. The molecule has 1 amide bonds. The molecule has 2 aromatic carbocycles. The zero-order chi connectivity index (χ0) is 19.8. The standard InChI is InChI=1S/C22H27NO4/c1-5-16-6-8-17(9-7-16)22(15(2)3)23-21(25)14-27-20-11-10-19(26-4)12-18(20)13-24/h6-13,15,22H,5,14H2,1-4H3,(H,23,25)/t22-/m0/s1. The van der Waals surface area contributed by atoms with Crippen molar-refractivity contribution in [2.75, 3.05) is 13.7 Å². The number of amides is 1. The fourth-order valence-electron chi connectivity index (χ4n) is 2.83. The number of nitrogens with one attached hydrogen (secondary N) is 1. The monoisotopic (exact) mass is 369 g/mol. The Morgan fingerprint density at radius 3 is 2.41 bits per heavy atom. The Morgan fingerprint density at radius 2 is 1.85 bits per heavy atom. The second-order valence-electron chi connectivity index (χ2n) is 6.69. The van der Waals surface area contributed by atoms with Gasteiger partial charge in [-0.1, -0.05) is 45.0 Å². The van der Waals surface area contributed by atoms with Crippen molar-refractivity contribution in [2.45, 2.75) is 33.2 Å². The highest BCUT2D eigenvalue weighted by atomic mass is 16.5. The first-order chi connectivity index (χ1) is 13.0. The lowest BCUT2D eigenvalue weighted by Crippen LogP contribution is -2.35. The molecule has 0 fully saturated rings. The molecule has 0 unspecified atom stereocenters. The Morgan fingerprint density at radius 1 is 1.15 bits per heavy atom. The summed E-state index contributed by atoms with van der Waals surface area (Å²) in [6, 6.07) is 13.1. The van der Waals surface area contributed by atoms with E-state index in [1.54, 1.807) is 18.2 Å². The van der Waals surface area contributed by atoms with E-state index in [1.165, 1.54) is 12.7 Å². The van der Waals surface area contributed by atoms with Crippen molar-refractivity contribution in [3.05, 3.63) is 59.2 Å². The van der Waals surface area contributed by atoms with Crippen molar-refractivity contribution >= 4 is 12.2 Å². The van der Waals surface area contributed by atoms with Gasteiger partial charge >= 0.3 is 0 Å². The van der Waals surface area contributed by atoms with E-state index in [9.17, 15) is 9.59 Å². The van der Waals surface area contributed by atoms with Gasteiger partial charge < -0.3 is 14.8 Å². The molecule has 1 N–H and O–H groups in total. The van der Waals surface area contributed by atoms with Crippen molar-refractivity contribution in [3.8, 4) is 11.5 Å². The van der Waals surface area contributed by atoms with Gasteiger partial charge in [0.25, 0.3) is 5.91 Å². The van der Waals surface area contributed by atoms with E-state index >= 15 is 0 Å². The third kappa shape index (κ3) is 5.58. The maximum Gasteiger partial charge on any atom is 0.258 e. The predicted octanol–water partition coefficient (Wildman–Crippen LogP) is 3.96. The number of ether oxygens (including phenoxy) is 2. The first kappa shape index (κ1) is 20.5. The van der Waals surface area contributed by atoms with Gasteiger partial charge in [0.05, 0.1) is 18.7 Å². The summed E-state index contributed by atoms with van der Waals surface area (Å²) in [5.41, 5.74) is 2.67. The fraction of sp³-hybridized carbons (Fsp3) is 0.364. The topological polar surface area (TPSA) is 64.6 Å². The van der Waals surface area contributed by atoms with Gasteiger partial charge in [-0.15, -0.1) is 0 Å². The zero-order valence-electron chi connectivity index (χ0n) is 16.3. The molecule has 0 radical (unpaired) electrons. The summed E-state index contributed by atoms with van der Waals surface area (Å²) in [5.74, 6) is 0.910. The first-order valence-corrected chi connectivity index (χ1v) is 9.12. The second kappa shape index (κ2) is 9.76. The molecule has 0 saturated heterocycles. The molecule has 0 bridgehead atoms. The molecular weight excluding hydrogens is 342 g/mol. The molecule has 5 nitrogen and oxygen atoms in total. The van der Waals surface area contributed by atoms with Crippen molar-refractivity contribution in [1.82, 2.24) is 5.32 Å². The second-order valence-corrected chi connectivity index (χ2v) is 6.69. The Kier molecular flexibility index (Phi) is 7.41. The highest BCUT2D eigenvalue weighted by Gasteiger charge is 2.19. The minimum absolute atomic E-state index is 0.103. The van der Waals surface area contributed by atoms with Gasteiger partial charge in [-0.2, -0.15) is 0 Å². The number of aryl methyl sites for hydroxylation is 1. The lowest BCUT2D eigenvalue weighted by Gasteiger charge is -2.23. The molecule has 2 rings (SSSR count). The maximum atomic E-state index is 12.4. The molecular formula is C22H27NO4. The highest BCUT2D eigenvalue weighted by Crippen LogP contribution is 2.24. The normalized spacial score (nSPS) is 11.7. The van der Waals surface area contributed by atoms with Gasteiger partial charge in [0.2, 0.25) is 0 Å². The number of hydrogen-bond donors (Lipinski definition) is 1. The third-order valence-corrected chi connectivity index (χ3v) is 4.43. The minimum atomic E-state index is -0.235. The van der Waals surface area contributed by atoms with E-state index in [4.69, 9.17) is 9.47 Å². The number of rotatable bonds is 9. The Labute approximate surface area is 160 Å². The number of aldehydes is 1. The summed E-state index contributed by atoms with van der Waals surface area (Å²) in [7, 11) is 1.52. The molecule has 1 atom stereocenters. The van der Waals surface area contributed by atoms with Gasteiger partial charge in [0.15, 0.2) is 12.9 Å². The molecule has 2 aromatic rings. The van der Waals surface area contributed by atoms with Crippen LogP contribution in [0.3, 0.4) is 0 Å². The molecule has 0 aromatic heterocycles. The average Bonchev–Trinajstić information content (AvgIpc) is 2.70. The molecule has 0 spiro atoms. The van der Waals surface area contributed by atoms with Crippen LogP contribution < -0.4 is 14.8 Å². The van der Waals surface area contributed by atoms with Gasteiger partial charge in [-0.25, -0.2) is 0 Å². The van der Waals surface area contributed by atoms with Gasteiger partial charge in [-0.3, -0.25) is 9.59 Å². The van der Waals surface area contributed by atoms with Gasteiger partial charge in [-0.05, 0) is 41.7 Å². The third-order valence-electron chi connectivity index (χ3n) is 4.43. The van der Waals surface area contributed by atoms with E-state index < -0.39 is 0 Å². The van der Waals surface area contributed by atoms with Crippen LogP contribution in [0.2, 0.25) is 0 Å². The fourth-order valence-corrected chi connectivity index (χ4v) is 2.83. The summed E-state index contributed by atoms with van der Waals surface area (Å²) < 4.78 is 10.6. The van der Waals surface area contributed by atoms with Gasteiger partial charge in [0, 0.05) is 0 Å². The summed E-state index contributed by atoms with van der Waals surface area (Å²) in [4.78, 5) is 23.6.